The zero-order valence-corrected chi connectivity index (χ0v) is 10.9. The van der Waals surface area contributed by atoms with Gasteiger partial charge in [0.25, 0.3) is 5.56 Å². The van der Waals surface area contributed by atoms with Gasteiger partial charge in [0.1, 0.15) is 0 Å². The summed E-state index contributed by atoms with van der Waals surface area (Å²) in [6, 6.07) is 0. The Labute approximate surface area is 107 Å². The molecule has 0 spiro atoms. The van der Waals surface area contributed by atoms with Gasteiger partial charge in [-0.05, 0) is 19.4 Å². The van der Waals surface area contributed by atoms with Gasteiger partial charge >= 0.3 is 0 Å². The van der Waals surface area contributed by atoms with Crippen molar-refractivity contribution in [3.8, 4) is 0 Å². The van der Waals surface area contributed by atoms with E-state index in [-0.39, 0.29) is 5.56 Å². The summed E-state index contributed by atoms with van der Waals surface area (Å²) in [4.78, 5) is 16.5. The summed E-state index contributed by atoms with van der Waals surface area (Å²) < 4.78 is 7.14. The first kappa shape index (κ1) is 13.2. The molecule has 1 aliphatic rings. The monoisotopic (exact) mass is 251 g/mol. The number of hydrogen-bond donors (Lipinski definition) is 1. The standard InChI is InChI=1S/C13H21N3O2/c1-2-3-7-18-8-6-16-10-15-12-9-14-5-4-11(12)13(16)17/h10,14H,2-9H2,1H3. The molecule has 1 aromatic rings. The van der Waals surface area contributed by atoms with Gasteiger partial charge in [0.15, 0.2) is 0 Å². The molecule has 0 fully saturated rings. The molecule has 5 heteroatoms. The van der Waals surface area contributed by atoms with Crippen molar-refractivity contribution in [3.63, 3.8) is 0 Å². The van der Waals surface area contributed by atoms with Gasteiger partial charge in [-0.1, -0.05) is 13.3 Å². The normalized spacial score (nSPS) is 14.5. The minimum absolute atomic E-state index is 0.0978. The number of rotatable bonds is 6. The van der Waals surface area contributed by atoms with Gasteiger partial charge < -0.3 is 10.1 Å². The summed E-state index contributed by atoms with van der Waals surface area (Å²) in [5.41, 5.74) is 1.86. The lowest BCUT2D eigenvalue weighted by Gasteiger charge is -2.16. The van der Waals surface area contributed by atoms with E-state index in [1.165, 1.54) is 0 Å². The van der Waals surface area contributed by atoms with E-state index in [0.717, 1.165) is 43.7 Å². The molecule has 0 saturated carbocycles. The van der Waals surface area contributed by atoms with Crippen LogP contribution in [0.25, 0.3) is 0 Å². The molecule has 0 saturated heterocycles. The fourth-order valence-corrected chi connectivity index (χ4v) is 2.06. The average Bonchev–Trinajstić information content (AvgIpc) is 2.41. The van der Waals surface area contributed by atoms with Gasteiger partial charge in [-0.2, -0.15) is 0 Å². The van der Waals surface area contributed by atoms with Crippen LogP contribution in [-0.2, 0) is 24.2 Å². The Bertz CT molecular complexity index is 442. The van der Waals surface area contributed by atoms with Crippen LogP contribution < -0.4 is 10.9 Å². The van der Waals surface area contributed by atoms with E-state index in [1.54, 1.807) is 10.9 Å². The molecule has 0 atom stereocenters. The maximum Gasteiger partial charge on any atom is 0.256 e. The molecular weight excluding hydrogens is 230 g/mol. The third kappa shape index (κ3) is 3.17. The van der Waals surface area contributed by atoms with Crippen LogP contribution in [0.3, 0.4) is 0 Å². The first-order valence-corrected chi connectivity index (χ1v) is 6.68. The highest BCUT2D eigenvalue weighted by atomic mass is 16.5. The van der Waals surface area contributed by atoms with E-state index in [0.29, 0.717) is 19.7 Å². The first-order valence-electron chi connectivity index (χ1n) is 6.68. The molecule has 1 aromatic heterocycles. The first-order chi connectivity index (χ1) is 8.83. The largest absolute Gasteiger partial charge is 0.380 e. The molecule has 2 rings (SSSR count). The lowest BCUT2D eigenvalue weighted by Crippen LogP contribution is -2.34. The highest BCUT2D eigenvalue weighted by molar-refractivity contribution is 5.19. The van der Waals surface area contributed by atoms with Crippen LogP contribution in [-0.4, -0.2) is 29.3 Å². The lowest BCUT2D eigenvalue weighted by atomic mass is 10.1. The van der Waals surface area contributed by atoms with Crippen molar-refractivity contribution >= 4 is 0 Å². The third-order valence-electron chi connectivity index (χ3n) is 3.18. The Kier molecular flexibility index (Phi) is 4.90. The second-order valence-corrected chi connectivity index (χ2v) is 4.56. The molecule has 0 aliphatic carbocycles. The molecular formula is C13H21N3O2. The second-order valence-electron chi connectivity index (χ2n) is 4.56. The van der Waals surface area contributed by atoms with Crippen molar-refractivity contribution < 1.29 is 4.74 Å². The average molecular weight is 251 g/mol. The molecule has 0 unspecified atom stereocenters. The maximum absolute atomic E-state index is 12.2. The van der Waals surface area contributed by atoms with Crippen LogP contribution in [0, 0.1) is 0 Å². The second kappa shape index (κ2) is 6.66. The van der Waals surface area contributed by atoms with Crippen molar-refractivity contribution in [1.82, 2.24) is 14.9 Å². The van der Waals surface area contributed by atoms with E-state index in [9.17, 15) is 4.79 Å². The molecule has 0 aromatic carbocycles. The van der Waals surface area contributed by atoms with Gasteiger partial charge in [0.05, 0.1) is 25.2 Å². The predicted octanol–water partition coefficient (Wildman–Crippen LogP) is 0.706. The summed E-state index contributed by atoms with van der Waals surface area (Å²) >= 11 is 0. The van der Waals surface area contributed by atoms with Gasteiger partial charge in [-0.3, -0.25) is 9.36 Å². The number of fused-ring (bicyclic) bond motifs is 1. The van der Waals surface area contributed by atoms with Crippen molar-refractivity contribution in [2.45, 2.75) is 39.3 Å². The summed E-state index contributed by atoms with van der Waals surface area (Å²) in [6.45, 7) is 5.65. The number of ether oxygens (including phenoxy) is 1. The molecule has 0 bridgehead atoms. The van der Waals surface area contributed by atoms with Crippen molar-refractivity contribution in [3.05, 3.63) is 27.9 Å². The Hall–Kier alpha value is -1.20. The van der Waals surface area contributed by atoms with Crippen LogP contribution in [0.5, 0.6) is 0 Å². The molecule has 18 heavy (non-hydrogen) atoms. The number of aromatic nitrogens is 2. The molecule has 5 nitrogen and oxygen atoms in total. The highest BCUT2D eigenvalue weighted by Gasteiger charge is 2.14. The zero-order chi connectivity index (χ0) is 12.8. The fraction of sp³-hybridized carbons (Fsp3) is 0.692. The highest BCUT2D eigenvalue weighted by Crippen LogP contribution is 2.05. The van der Waals surface area contributed by atoms with Gasteiger partial charge in [0, 0.05) is 18.7 Å². The quantitative estimate of drug-likeness (QED) is 0.756. The van der Waals surface area contributed by atoms with Gasteiger partial charge in [-0.25, -0.2) is 4.98 Å². The van der Waals surface area contributed by atoms with Crippen LogP contribution in [0.2, 0.25) is 0 Å². The summed E-state index contributed by atoms with van der Waals surface area (Å²) in [5, 5.41) is 3.22. The molecule has 2 heterocycles. The minimum atomic E-state index is 0.0978. The maximum atomic E-state index is 12.2. The topological polar surface area (TPSA) is 56.2 Å². The Morgan fingerprint density at radius 1 is 1.50 bits per heavy atom. The Morgan fingerprint density at radius 2 is 2.39 bits per heavy atom. The van der Waals surface area contributed by atoms with Crippen LogP contribution in [0.15, 0.2) is 11.1 Å². The van der Waals surface area contributed by atoms with E-state index in [2.05, 4.69) is 17.2 Å². The van der Waals surface area contributed by atoms with Gasteiger partial charge in [-0.15, -0.1) is 0 Å². The number of unbranched alkanes of at least 4 members (excludes halogenated alkanes) is 1. The molecule has 0 amide bonds. The Morgan fingerprint density at radius 3 is 3.22 bits per heavy atom. The summed E-state index contributed by atoms with van der Waals surface area (Å²) in [5.74, 6) is 0. The van der Waals surface area contributed by atoms with Crippen LogP contribution in [0.4, 0.5) is 0 Å². The summed E-state index contributed by atoms with van der Waals surface area (Å²) in [6.07, 6.45) is 4.62. The van der Waals surface area contributed by atoms with Crippen LogP contribution >= 0.6 is 0 Å². The smallest absolute Gasteiger partial charge is 0.256 e. The lowest BCUT2D eigenvalue weighted by molar-refractivity contribution is 0.122. The van der Waals surface area contributed by atoms with Crippen molar-refractivity contribution in [1.29, 1.82) is 0 Å². The number of nitrogens with zero attached hydrogens (tertiary/aromatic N) is 2. The fourth-order valence-electron chi connectivity index (χ4n) is 2.06. The zero-order valence-electron chi connectivity index (χ0n) is 10.9. The SMILES string of the molecule is CCCCOCCn1cnc2c(c1=O)CCNC2. The minimum Gasteiger partial charge on any atom is -0.380 e. The van der Waals surface area contributed by atoms with Crippen LogP contribution in [0.1, 0.15) is 31.0 Å². The number of hydrogen-bond acceptors (Lipinski definition) is 4. The van der Waals surface area contributed by atoms with E-state index >= 15 is 0 Å². The summed E-state index contributed by atoms with van der Waals surface area (Å²) in [7, 11) is 0. The molecule has 1 aliphatic heterocycles. The van der Waals surface area contributed by atoms with E-state index < -0.39 is 0 Å². The number of nitrogens with one attached hydrogen (secondary N) is 1. The Balaban J connectivity index is 1.95. The van der Waals surface area contributed by atoms with Gasteiger partial charge in [0.2, 0.25) is 0 Å². The molecule has 100 valence electrons. The van der Waals surface area contributed by atoms with Crippen molar-refractivity contribution in [2.24, 2.45) is 0 Å². The molecule has 1 N–H and O–H groups in total. The van der Waals surface area contributed by atoms with E-state index in [4.69, 9.17) is 4.74 Å². The molecule has 0 radical (unpaired) electrons. The third-order valence-corrected chi connectivity index (χ3v) is 3.18. The van der Waals surface area contributed by atoms with E-state index in [1.807, 2.05) is 0 Å². The predicted molar refractivity (Wildman–Crippen MR) is 69.6 cm³/mol. The van der Waals surface area contributed by atoms with Crippen molar-refractivity contribution in [2.75, 3.05) is 19.8 Å².